The summed E-state index contributed by atoms with van der Waals surface area (Å²) < 4.78 is 1.47. The Bertz CT molecular complexity index is 1640. The van der Waals surface area contributed by atoms with Gasteiger partial charge in [0, 0.05) is 47.8 Å². The second kappa shape index (κ2) is 13.2. The molecule has 14 heteroatoms. The van der Waals surface area contributed by atoms with E-state index in [-0.39, 0.29) is 22.8 Å². The van der Waals surface area contributed by atoms with Gasteiger partial charge < -0.3 is 15.4 Å². The molecule has 1 fully saturated rings. The van der Waals surface area contributed by atoms with Gasteiger partial charge in [0.25, 0.3) is 0 Å². The number of carboxylic acid groups (broad SMARTS) is 1. The Kier molecular flexibility index (Phi) is 9.17. The summed E-state index contributed by atoms with van der Waals surface area (Å²) in [6, 6.07) is 11.4. The summed E-state index contributed by atoms with van der Waals surface area (Å²) in [5.41, 5.74) is 2.93. The fraction of sp³-hybridized carbons (Fsp3) is 0.276. The highest BCUT2D eigenvalue weighted by atomic mass is 35.5. The zero-order chi connectivity index (χ0) is 30.5. The van der Waals surface area contributed by atoms with Crippen LogP contribution in [0.1, 0.15) is 49.5 Å². The lowest BCUT2D eigenvalue weighted by Crippen LogP contribution is -2.30. The molecule has 43 heavy (non-hydrogen) atoms. The number of nitrogens with zero attached hydrogens (tertiary/aromatic N) is 6. The van der Waals surface area contributed by atoms with Gasteiger partial charge >= 0.3 is 6.09 Å². The van der Waals surface area contributed by atoms with Gasteiger partial charge in [-0.3, -0.25) is 14.5 Å². The second-order valence-electron chi connectivity index (χ2n) is 10.2. The summed E-state index contributed by atoms with van der Waals surface area (Å²) in [6.45, 7) is 0. The predicted octanol–water partition coefficient (Wildman–Crippen LogP) is 5.49. The number of anilines is 1. The Hall–Kier alpha value is -4.55. The van der Waals surface area contributed by atoms with Gasteiger partial charge in [-0.15, -0.1) is 5.10 Å². The van der Waals surface area contributed by atoms with E-state index in [1.54, 1.807) is 48.5 Å². The molecular formula is C29H28Cl2N8O4. The molecule has 222 valence electrons. The predicted molar refractivity (Wildman–Crippen MR) is 161 cm³/mol. The largest absolute Gasteiger partial charge is 0.465 e. The van der Waals surface area contributed by atoms with E-state index in [9.17, 15) is 19.5 Å². The number of tetrazole rings is 1. The van der Waals surface area contributed by atoms with E-state index in [0.717, 1.165) is 17.7 Å². The maximum atomic E-state index is 13.2. The minimum atomic E-state index is -1.08. The molecule has 12 nitrogen and oxygen atoms in total. The van der Waals surface area contributed by atoms with Crippen LogP contribution in [-0.2, 0) is 9.59 Å². The summed E-state index contributed by atoms with van der Waals surface area (Å²) in [7, 11) is 1.45. The van der Waals surface area contributed by atoms with Crippen molar-refractivity contribution < 1.29 is 19.5 Å². The molecule has 0 saturated heterocycles. The lowest BCUT2D eigenvalue weighted by molar-refractivity contribution is -0.121. The monoisotopic (exact) mass is 622 g/mol. The van der Waals surface area contributed by atoms with E-state index in [0.29, 0.717) is 58.3 Å². The number of aromatic amines is 1. The van der Waals surface area contributed by atoms with Crippen molar-refractivity contribution in [1.29, 1.82) is 0 Å². The van der Waals surface area contributed by atoms with Crippen molar-refractivity contribution in [3.8, 4) is 16.9 Å². The molecule has 2 aromatic carbocycles. The Morgan fingerprint density at radius 2 is 1.93 bits per heavy atom. The van der Waals surface area contributed by atoms with Crippen LogP contribution in [0.3, 0.4) is 0 Å². The lowest BCUT2D eigenvalue weighted by Gasteiger charge is -2.25. The van der Waals surface area contributed by atoms with Gasteiger partial charge in [-0.25, -0.2) is 9.78 Å². The summed E-state index contributed by atoms with van der Waals surface area (Å²) in [5.74, 6) is 0.571. The van der Waals surface area contributed by atoms with Crippen molar-refractivity contribution in [3.05, 3.63) is 76.4 Å². The zero-order valence-electron chi connectivity index (χ0n) is 23.1. The third kappa shape index (κ3) is 7.27. The van der Waals surface area contributed by atoms with E-state index in [2.05, 4.69) is 25.8 Å². The van der Waals surface area contributed by atoms with Gasteiger partial charge in [-0.2, -0.15) is 4.68 Å². The van der Waals surface area contributed by atoms with Crippen LogP contribution in [-0.4, -0.2) is 60.1 Å². The molecule has 2 amide bonds. The van der Waals surface area contributed by atoms with Crippen LogP contribution >= 0.6 is 23.2 Å². The average Bonchev–Trinajstić information content (AvgIpc) is 3.67. The first-order chi connectivity index (χ1) is 20.7. The van der Waals surface area contributed by atoms with Crippen molar-refractivity contribution in [1.82, 2.24) is 35.5 Å². The van der Waals surface area contributed by atoms with Crippen LogP contribution in [0.5, 0.6) is 0 Å². The summed E-state index contributed by atoms with van der Waals surface area (Å²) in [5, 5.41) is 24.3. The maximum absolute atomic E-state index is 13.2. The van der Waals surface area contributed by atoms with Crippen LogP contribution in [0.2, 0.25) is 10.2 Å². The highest BCUT2D eigenvalue weighted by molar-refractivity contribution is 6.32. The second-order valence-corrected chi connectivity index (χ2v) is 11.1. The summed E-state index contributed by atoms with van der Waals surface area (Å²) in [4.78, 5) is 45.3. The molecule has 2 heterocycles. The first-order valence-electron chi connectivity index (χ1n) is 13.5. The van der Waals surface area contributed by atoms with Crippen LogP contribution in [0, 0.1) is 5.92 Å². The number of aromatic nitrogens is 6. The minimum absolute atomic E-state index is 0.212. The number of carbonyl (C=O) groups is 3. The molecule has 5 rings (SSSR count). The maximum Gasteiger partial charge on any atom is 0.411 e. The van der Waals surface area contributed by atoms with Gasteiger partial charge in [-0.05, 0) is 72.0 Å². The molecule has 0 spiro atoms. The number of Topliss-reactive ketones (excluding diaryl/α,β-unsaturated/α-hetero) is 1. The van der Waals surface area contributed by atoms with E-state index in [4.69, 9.17) is 28.2 Å². The van der Waals surface area contributed by atoms with Gasteiger partial charge in [0.15, 0.2) is 0 Å². The fourth-order valence-corrected chi connectivity index (χ4v) is 5.44. The van der Waals surface area contributed by atoms with E-state index in [1.165, 1.54) is 24.1 Å². The number of nitrogens with one attached hydrogen (secondary N) is 2. The van der Waals surface area contributed by atoms with Crippen molar-refractivity contribution in [2.75, 3.05) is 11.9 Å². The Morgan fingerprint density at radius 1 is 1.19 bits per heavy atom. The van der Waals surface area contributed by atoms with Crippen LogP contribution in [0.25, 0.3) is 23.0 Å². The van der Waals surface area contributed by atoms with Crippen molar-refractivity contribution >= 4 is 52.7 Å². The highest BCUT2D eigenvalue weighted by Crippen LogP contribution is 2.34. The third-order valence-electron chi connectivity index (χ3n) is 7.37. The average molecular weight is 624 g/mol. The number of carbonyl (C=O) groups excluding carboxylic acids is 2. The standard InChI is InChI=1S/C29H28Cl2N8O4/c1-38(29(42)43)21-8-4-18(5-9-21)26-27(31)35-28(34-26)23(14-17-2-10-22(40)11-3-17)33-25(41)13-6-19-15-20(30)7-12-24(19)39-16-32-36-37-39/h4-9,12-13,15-17,23H,2-3,10-11,14H2,1H3,(H,33,41)(H,34,35)(H,42,43)/t23-/m0/s1. The summed E-state index contributed by atoms with van der Waals surface area (Å²) >= 11 is 12.8. The van der Waals surface area contributed by atoms with Crippen LogP contribution in [0.15, 0.2) is 54.9 Å². The molecule has 1 aliphatic carbocycles. The summed E-state index contributed by atoms with van der Waals surface area (Å²) in [6.07, 6.45) is 6.46. The molecule has 0 aliphatic heterocycles. The van der Waals surface area contributed by atoms with Gasteiger partial charge in [0.2, 0.25) is 5.91 Å². The molecule has 3 N–H and O–H groups in total. The topological polar surface area (TPSA) is 159 Å². The van der Waals surface area contributed by atoms with Gasteiger partial charge in [-0.1, -0.05) is 35.3 Å². The number of benzene rings is 2. The third-order valence-corrected chi connectivity index (χ3v) is 7.88. The number of ketones is 1. The molecule has 1 aliphatic rings. The quantitative estimate of drug-likeness (QED) is 0.206. The molecule has 1 saturated carbocycles. The van der Waals surface area contributed by atoms with E-state index in [1.807, 2.05) is 0 Å². The van der Waals surface area contributed by atoms with Crippen molar-refractivity contribution in [2.45, 2.75) is 38.1 Å². The Balaban J connectivity index is 1.39. The number of amides is 2. The molecule has 1 atom stereocenters. The van der Waals surface area contributed by atoms with Crippen LogP contribution < -0.4 is 10.2 Å². The number of rotatable bonds is 9. The number of hydrogen-bond donors (Lipinski definition) is 3. The van der Waals surface area contributed by atoms with E-state index >= 15 is 0 Å². The molecule has 2 aromatic heterocycles. The number of hydrogen-bond acceptors (Lipinski definition) is 7. The van der Waals surface area contributed by atoms with Crippen molar-refractivity contribution in [2.24, 2.45) is 5.92 Å². The Labute approximate surface area is 256 Å². The Morgan fingerprint density at radius 3 is 2.60 bits per heavy atom. The normalized spacial score (nSPS) is 14.6. The van der Waals surface area contributed by atoms with Crippen LogP contribution in [0.4, 0.5) is 10.5 Å². The minimum Gasteiger partial charge on any atom is -0.465 e. The molecule has 0 bridgehead atoms. The fourth-order valence-electron chi connectivity index (χ4n) is 5.01. The first-order valence-corrected chi connectivity index (χ1v) is 14.3. The molecule has 0 radical (unpaired) electrons. The van der Waals surface area contributed by atoms with Gasteiger partial charge in [0.05, 0.1) is 11.7 Å². The van der Waals surface area contributed by atoms with Crippen molar-refractivity contribution in [3.63, 3.8) is 0 Å². The molecule has 0 unspecified atom stereocenters. The van der Waals surface area contributed by atoms with Gasteiger partial charge in [0.1, 0.15) is 28.8 Å². The first kappa shape index (κ1) is 29.9. The smallest absolute Gasteiger partial charge is 0.411 e. The zero-order valence-corrected chi connectivity index (χ0v) is 24.6. The SMILES string of the molecule is CN(C(=O)O)c1ccc(-c2nc([C@H](CC3CCC(=O)CC3)NC(=O)C=Cc3cc(Cl)ccc3-n3cnnn3)[nH]c2Cl)cc1. The number of H-pyrrole nitrogens is 1. The van der Waals surface area contributed by atoms with E-state index < -0.39 is 12.1 Å². The highest BCUT2D eigenvalue weighted by Gasteiger charge is 2.27. The molecule has 4 aromatic rings. The molecular weight excluding hydrogens is 595 g/mol. The lowest BCUT2D eigenvalue weighted by atomic mass is 9.84. The number of halogens is 2. The number of imidazole rings is 1.